The smallest absolute Gasteiger partial charge is 0.423 e. The monoisotopic (exact) mass is 481 g/mol. The lowest BCUT2D eigenvalue weighted by Gasteiger charge is -2.12. The standard InChI is InChI=1S/C23H14F3N5O4/c24-23(25,26)18-12-15(6-7-20(18)31(33)34)30-21(32)14-3-1-4-16(11-14)35-22-17(5-2-9-28-22)19-8-10-27-13-29-19/h1-13H,(H,30,32). The minimum Gasteiger partial charge on any atom is -0.438 e. The van der Waals surface area contributed by atoms with Crippen LogP contribution in [-0.4, -0.2) is 25.8 Å². The Morgan fingerprint density at radius 2 is 1.83 bits per heavy atom. The van der Waals surface area contributed by atoms with Crippen LogP contribution in [0.1, 0.15) is 15.9 Å². The van der Waals surface area contributed by atoms with Gasteiger partial charge in [-0.05, 0) is 48.5 Å². The molecule has 2 aromatic heterocycles. The molecule has 0 atom stereocenters. The van der Waals surface area contributed by atoms with Crippen LogP contribution in [0.3, 0.4) is 0 Å². The molecule has 0 spiro atoms. The van der Waals surface area contributed by atoms with Gasteiger partial charge in [-0.3, -0.25) is 14.9 Å². The number of rotatable bonds is 6. The molecule has 12 heteroatoms. The van der Waals surface area contributed by atoms with Gasteiger partial charge in [0.1, 0.15) is 17.6 Å². The van der Waals surface area contributed by atoms with Gasteiger partial charge < -0.3 is 10.1 Å². The fraction of sp³-hybridized carbons (Fsp3) is 0.0435. The molecule has 0 aliphatic heterocycles. The minimum absolute atomic E-state index is 0.0777. The van der Waals surface area contributed by atoms with Crippen LogP contribution in [0.5, 0.6) is 11.6 Å². The number of carbonyl (C=O) groups excluding carboxylic acids is 1. The number of nitro benzene ring substituents is 1. The molecule has 35 heavy (non-hydrogen) atoms. The molecule has 2 aromatic carbocycles. The Hall–Kier alpha value is -4.87. The molecule has 1 amide bonds. The van der Waals surface area contributed by atoms with Gasteiger partial charge in [-0.25, -0.2) is 15.0 Å². The lowest BCUT2D eigenvalue weighted by Crippen LogP contribution is -2.14. The number of nitro groups is 1. The third kappa shape index (κ3) is 5.38. The maximum absolute atomic E-state index is 13.2. The molecule has 0 radical (unpaired) electrons. The summed E-state index contributed by atoms with van der Waals surface area (Å²) in [5.74, 6) is -0.283. The van der Waals surface area contributed by atoms with Crippen molar-refractivity contribution in [3.8, 4) is 22.9 Å². The first-order valence-electron chi connectivity index (χ1n) is 9.88. The van der Waals surface area contributed by atoms with Gasteiger partial charge in [0.25, 0.3) is 11.6 Å². The highest BCUT2D eigenvalue weighted by Gasteiger charge is 2.38. The Morgan fingerprint density at radius 3 is 2.54 bits per heavy atom. The zero-order valence-electron chi connectivity index (χ0n) is 17.6. The van der Waals surface area contributed by atoms with Crippen molar-refractivity contribution in [1.29, 1.82) is 0 Å². The number of aromatic nitrogens is 3. The first-order chi connectivity index (χ1) is 16.7. The molecule has 1 N–H and O–H groups in total. The number of benzene rings is 2. The van der Waals surface area contributed by atoms with Gasteiger partial charge in [-0.2, -0.15) is 13.2 Å². The van der Waals surface area contributed by atoms with Crippen molar-refractivity contribution in [2.24, 2.45) is 0 Å². The van der Waals surface area contributed by atoms with Crippen LogP contribution >= 0.6 is 0 Å². The first-order valence-corrected chi connectivity index (χ1v) is 9.88. The number of pyridine rings is 1. The Bertz CT molecular complexity index is 1400. The SMILES string of the molecule is O=C(Nc1ccc([N+](=O)[O-])c(C(F)(F)F)c1)c1cccc(Oc2ncccc2-c2ccncn2)c1. The third-order valence-electron chi connectivity index (χ3n) is 4.70. The summed E-state index contributed by atoms with van der Waals surface area (Å²) in [6, 6.07) is 13.2. The molecule has 0 fully saturated rings. The van der Waals surface area contributed by atoms with Crippen molar-refractivity contribution in [1.82, 2.24) is 15.0 Å². The van der Waals surface area contributed by atoms with Gasteiger partial charge in [0.2, 0.25) is 5.88 Å². The van der Waals surface area contributed by atoms with Crippen LogP contribution < -0.4 is 10.1 Å². The van der Waals surface area contributed by atoms with E-state index < -0.39 is 28.3 Å². The predicted molar refractivity (Wildman–Crippen MR) is 118 cm³/mol. The lowest BCUT2D eigenvalue weighted by atomic mass is 10.1. The lowest BCUT2D eigenvalue weighted by molar-refractivity contribution is -0.388. The number of carbonyl (C=O) groups is 1. The second kappa shape index (κ2) is 9.55. The van der Waals surface area contributed by atoms with Gasteiger partial charge in [0.15, 0.2) is 0 Å². The number of nitrogens with zero attached hydrogens (tertiary/aromatic N) is 4. The first kappa shape index (κ1) is 23.3. The van der Waals surface area contributed by atoms with Crippen molar-refractivity contribution in [3.63, 3.8) is 0 Å². The largest absolute Gasteiger partial charge is 0.438 e. The fourth-order valence-corrected chi connectivity index (χ4v) is 3.13. The van der Waals surface area contributed by atoms with E-state index in [1.165, 1.54) is 30.7 Å². The van der Waals surface area contributed by atoms with E-state index in [2.05, 4.69) is 20.3 Å². The maximum Gasteiger partial charge on any atom is 0.423 e. The molecule has 0 aliphatic rings. The molecule has 176 valence electrons. The van der Waals surface area contributed by atoms with Crippen LogP contribution in [0.15, 0.2) is 79.4 Å². The Balaban J connectivity index is 1.57. The number of hydrogen-bond donors (Lipinski definition) is 1. The Kier molecular flexibility index (Phi) is 6.36. The average Bonchev–Trinajstić information content (AvgIpc) is 2.84. The molecule has 0 unspecified atom stereocenters. The summed E-state index contributed by atoms with van der Waals surface area (Å²) in [7, 11) is 0. The maximum atomic E-state index is 13.2. The molecule has 4 aromatic rings. The molecule has 2 heterocycles. The Labute approximate surface area is 195 Å². The molecule has 0 saturated heterocycles. The average molecular weight is 481 g/mol. The summed E-state index contributed by atoms with van der Waals surface area (Å²) >= 11 is 0. The molecule has 0 bridgehead atoms. The summed E-state index contributed by atoms with van der Waals surface area (Å²) in [4.78, 5) is 34.7. The summed E-state index contributed by atoms with van der Waals surface area (Å²) in [6.45, 7) is 0. The van der Waals surface area contributed by atoms with Crippen molar-refractivity contribution in [2.45, 2.75) is 6.18 Å². The van der Waals surface area contributed by atoms with Crippen LogP contribution in [0.2, 0.25) is 0 Å². The van der Waals surface area contributed by atoms with Crippen molar-refractivity contribution in [3.05, 3.63) is 101 Å². The quantitative estimate of drug-likeness (QED) is 0.285. The van der Waals surface area contributed by atoms with Gasteiger partial charge >= 0.3 is 6.18 Å². The van der Waals surface area contributed by atoms with Crippen LogP contribution in [0, 0.1) is 10.1 Å². The number of nitrogens with one attached hydrogen (secondary N) is 1. The van der Waals surface area contributed by atoms with Crippen LogP contribution in [0.4, 0.5) is 24.5 Å². The number of alkyl halides is 3. The number of anilines is 1. The van der Waals surface area contributed by atoms with E-state index in [1.807, 2.05) is 0 Å². The number of halogens is 3. The Morgan fingerprint density at radius 1 is 1.00 bits per heavy atom. The summed E-state index contributed by atoms with van der Waals surface area (Å²) < 4.78 is 45.5. The molecule has 0 saturated carbocycles. The van der Waals surface area contributed by atoms with E-state index in [9.17, 15) is 28.1 Å². The third-order valence-corrected chi connectivity index (χ3v) is 4.70. The van der Waals surface area contributed by atoms with Gasteiger partial charge in [0.05, 0.1) is 16.2 Å². The molecular formula is C23H14F3N5O4. The second-order valence-electron chi connectivity index (χ2n) is 7.02. The van der Waals surface area contributed by atoms with E-state index in [-0.39, 0.29) is 22.9 Å². The van der Waals surface area contributed by atoms with E-state index >= 15 is 0 Å². The van der Waals surface area contributed by atoms with Crippen molar-refractivity contribution < 1.29 is 27.6 Å². The number of ether oxygens (including phenoxy) is 1. The highest BCUT2D eigenvalue weighted by Crippen LogP contribution is 2.37. The highest BCUT2D eigenvalue weighted by molar-refractivity contribution is 6.04. The fourth-order valence-electron chi connectivity index (χ4n) is 3.13. The van der Waals surface area contributed by atoms with E-state index in [4.69, 9.17) is 4.74 Å². The van der Waals surface area contributed by atoms with E-state index in [1.54, 1.807) is 30.5 Å². The zero-order valence-corrected chi connectivity index (χ0v) is 17.6. The van der Waals surface area contributed by atoms with Crippen LogP contribution in [-0.2, 0) is 6.18 Å². The normalized spacial score (nSPS) is 11.1. The van der Waals surface area contributed by atoms with Crippen molar-refractivity contribution >= 4 is 17.3 Å². The second-order valence-corrected chi connectivity index (χ2v) is 7.02. The van der Waals surface area contributed by atoms with E-state index in [0.29, 0.717) is 23.4 Å². The number of hydrogen-bond acceptors (Lipinski definition) is 7. The van der Waals surface area contributed by atoms with E-state index in [0.717, 1.165) is 6.07 Å². The highest BCUT2D eigenvalue weighted by atomic mass is 19.4. The van der Waals surface area contributed by atoms with Crippen LogP contribution in [0.25, 0.3) is 11.3 Å². The van der Waals surface area contributed by atoms with Gasteiger partial charge in [-0.1, -0.05) is 6.07 Å². The molecule has 4 rings (SSSR count). The predicted octanol–water partition coefficient (Wildman–Crippen LogP) is 5.51. The van der Waals surface area contributed by atoms with Gasteiger partial charge in [0, 0.05) is 29.7 Å². The summed E-state index contributed by atoms with van der Waals surface area (Å²) in [6.07, 6.45) is -0.518. The minimum atomic E-state index is -4.97. The number of amides is 1. The van der Waals surface area contributed by atoms with Gasteiger partial charge in [-0.15, -0.1) is 0 Å². The molecule has 9 nitrogen and oxygen atoms in total. The molecule has 0 aliphatic carbocycles. The van der Waals surface area contributed by atoms with Crippen molar-refractivity contribution in [2.75, 3.05) is 5.32 Å². The zero-order chi connectivity index (χ0) is 25.0. The topological polar surface area (TPSA) is 120 Å². The molecular weight excluding hydrogens is 467 g/mol. The summed E-state index contributed by atoms with van der Waals surface area (Å²) in [5.41, 5.74) is -1.61. The summed E-state index contributed by atoms with van der Waals surface area (Å²) in [5, 5.41) is 13.2.